The van der Waals surface area contributed by atoms with Crippen molar-refractivity contribution in [3.05, 3.63) is 0 Å². The second-order valence-electron chi connectivity index (χ2n) is 4.32. The van der Waals surface area contributed by atoms with Crippen LogP contribution in [0.2, 0.25) is 0 Å². The zero-order valence-corrected chi connectivity index (χ0v) is 10.2. The molecule has 92 valence electrons. The molecule has 0 aromatic carbocycles. The predicted molar refractivity (Wildman–Crippen MR) is 56.7 cm³/mol. The minimum Gasteiger partial charge on any atom is -0.460 e. The zero-order chi connectivity index (χ0) is 12.8. The molecule has 16 heavy (non-hydrogen) atoms. The maximum Gasteiger partial charge on any atom is 0.387 e. The van der Waals surface area contributed by atoms with Crippen LogP contribution in [0.5, 0.6) is 0 Å². The van der Waals surface area contributed by atoms with E-state index in [4.69, 9.17) is 4.74 Å². The Morgan fingerprint density at radius 3 is 2.06 bits per heavy atom. The van der Waals surface area contributed by atoms with E-state index >= 15 is 0 Å². The topological polar surface area (TPSA) is 69.7 Å². The molecule has 5 heteroatoms. The van der Waals surface area contributed by atoms with E-state index in [2.05, 4.69) is 4.74 Å². The number of ether oxygens (including phenoxy) is 2. The molecule has 0 unspecified atom stereocenters. The molecule has 0 saturated carbocycles. The molecular formula is C11H18O5. The molecule has 0 aromatic heterocycles. The molecule has 0 aliphatic carbocycles. The van der Waals surface area contributed by atoms with Crippen molar-refractivity contribution in [3.8, 4) is 0 Å². The van der Waals surface area contributed by atoms with Gasteiger partial charge in [-0.3, -0.25) is 4.79 Å². The molecule has 0 bridgehead atoms. The van der Waals surface area contributed by atoms with Crippen molar-refractivity contribution in [2.24, 2.45) is 0 Å². The number of hydrogen-bond donors (Lipinski definition) is 0. The summed E-state index contributed by atoms with van der Waals surface area (Å²) in [4.78, 5) is 33.4. The minimum absolute atomic E-state index is 0.143. The van der Waals surface area contributed by atoms with Crippen LogP contribution in [-0.4, -0.2) is 29.9 Å². The van der Waals surface area contributed by atoms with Crippen molar-refractivity contribution in [3.63, 3.8) is 0 Å². The van der Waals surface area contributed by atoms with Gasteiger partial charge in [-0.2, -0.15) is 0 Å². The van der Waals surface area contributed by atoms with E-state index < -0.39 is 23.3 Å². The van der Waals surface area contributed by atoms with Crippen LogP contribution in [0.4, 0.5) is 0 Å². The fraction of sp³-hybridized carbons (Fsp3) is 0.727. The van der Waals surface area contributed by atoms with Gasteiger partial charge >= 0.3 is 17.7 Å². The molecule has 0 rings (SSSR count). The van der Waals surface area contributed by atoms with E-state index in [0.717, 1.165) is 6.42 Å². The molecule has 0 aliphatic rings. The summed E-state index contributed by atoms with van der Waals surface area (Å²) in [5.74, 6) is -3.58. The number of hydrogen-bond acceptors (Lipinski definition) is 5. The van der Waals surface area contributed by atoms with Crippen molar-refractivity contribution in [1.29, 1.82) is 0 Å². The van der Waals surface area contributed by atoms with Gasteiger partial charge in [-0.1, -0.05) is 13.3 Å². The lowest BCUT2D eigenvalue weighted by Gasteiger charge is -2.18. The van der Waals surface area contributed by atoms with Crippen molar-refractivity contribution in [2.45, 2.75) is 46.1 Å². The average Bonchev–Trinajstić information content (AvgIpc) is 2.14. The predicted octanol–water partition coefficient (Wildman–Crippen LogP) is 1.24. The Labute approximate surface area is 95.1 Å². The fourth-order valence-electron chi connectivity index (χ4n) is 0.783. The highest BCUT2D eigenvalue weighted by molar-refractivity contribution is 6.60. The van der Waals surface area contributed by atoms with Crippen LogP contribution >= 0.6 is 0 Å². The van der Waals surface area contributed by atoms with Crippen LogP contribution in [-0.2, 0) is 23.9 Å². The first-order chi connectivity index (χ1) is 7.28. The first kappa shape index (κ1) is 14.6. The largest absolute Gasteiger partial charge is 0.460 e. The van der Waals surface area contributed by atoms with Gasteiger partial charge in [-0.05, 0) is 27.2 Å². The minimum atomic E-state index is -1.26. The van der Waals surface area contributed by atoms with E-state index in [1.165, 1.54) is 0 Å². The quantitative estimate of drug-likeness (QED) is 0.307. The Hall–Kier alpha value is -1.39. The summed E-state index contributed by atoms with van der Waals surface area (Å²) in [6.07, 6.45) is 1.50. The second kappa shape index (κ2) is 6.25. The summed E-state index contributed by atoms with van der Waals surface area (Å²) in [7, 11) is 0. The monoisotopic (exact) mass is 230 g/mol. The van der Waals surface area contributed by atoms with Gasteiger partial charge in [0.05, 0.1) is 6.61 Å². The first-order valence-corrected chi connectivity index (χ1v) is 5.22. The Balaban J connectivity index is 4.13. The van der Waals surface area contributed by atoms with Crippen LogP contribution in [0.3, 0.4) is 0 Å². The van der Waals surface area contributed by atoms with Gasteiger partial charge in [0.2, 0.25) is 0 Å². The molecule has 0 atom stereocenters. The Morgan fingerprint density at radius 2 is 1.62 bits per heavy atom. The summed E-state index contributed by atoms with van der Waals surface area (Å²) in [6, 6.07) is 0. The van der Waals surface area contributed by atoms with Crippen LogP contribution in [0.15, 0.2) is 0 Å². The summed E-state index contributed by atoms with van der Waals surface area (Å²) < 4.78 is 9.33. The highest BCUT2D eigenvalue weighted by atomic mass is 16.6. The number of esters is 2. The van der Waals surface area contributed by atoms with Crippen molar-refractivity contribution < 1.29 is 23.9 Å². The molecular weight excluding hydrogens is 212 g/mol. The van der Waals surface area contributed by atoms with E-state index in [-0.39, 0.29) is 6.61 Å². The Bertz CT molecular complexity index is 275. The summed E-state index contributed by atoms with van der Waals surface area (Å²) in [5.41, 5.74) is -0.795. The summed E-state index contributed by atoms with van der Waals surface area (Å²) in [5, 5.41) is 0. The molecule has 0 fully saturated rings. The average molecular weight is 230 g/mol. The molecule has 0 amide bonds. The maximum absolute atomic E-state index is 11.2. The van der Waals surface area contributed by atoms with Crippen molar-refractivity contribution >= 4 is 17.7 Å². The lowest BCUT2D eigenvalue weighted by Crippen LogP contribution is -2.34. The van der Waals surface area contributed by atoms with Gasteiger partial charge < -0.3 is 9.47 Å². The van der Waals surface area contributed by atoms with Crippen LogP contribution < -0.4 is 0 Å². The van der Waals surface area contributed by atoms with Crippen molar-refractivity contribution in [1.82, 2.24) is 0 Å². The summed E-state index contributed by atoms with van der Waals surface area (Å²) >= 11 is 0. The highest BCUT2D eigenvalue weighted by Crippen LogP contribution is 2.07. The van der Waals surface area contributed by atoms with Gasteiger partial charge in [-0.15, -0.1) is 0 Å². The van der Waals surface area contributed by atoms with Crippen LogP contribution in [0.25, 0.3) is 0 Å². The number of rotatable bonds is 5. The number of carbonyl (C=O) groups is 3. The van der Waals surface area contributed by atoms with E-state index in [0.29, 0.717) is 6.42 Å². The van der Waals surface area contributed by atoms with Gasteiger partial charge in [0.15, 0.2) is 0 Å². The van der Waals surface area contributed by atoms with E-state index in [1.54, 1.807) is 20.8 Å². The van der Waals surface area contributed by atoms with Gasteiger partial charge in [0.25, 0.3) is 0 Å². The number of ketones is 1. The normalized spacial score (nSPS) is 10.8. The van der Waals surface area contributed by atoms with E-state index in [1.807, 2.05) is 6.92 Å². The summed E-state index contributed by atoms with van der Waals surface area (Å²) in [6.45, 7) is 6.90. The molecule has 0 spiro atoms. The van der Waals surface area contributed by atoms with Crippen LogP contribution in [0, 0.1) is 0 Å². The third-order valence-corrected chi connectivity index (χ3v) is 1.50. The smallest absolute Gasteiger partial charge is 0.387 e. The number of Topliss-reactive ketones (excluding diaryl/α,β-unsaturated/α-hetero) is 1. The van der Waals surface area contributed by atoms with Gasteiger partial charge in [0.1, 0.15) is 5.60 Å². The fourth-order valence-corrected chi connectivity index (χ4v) is 0.783. The third-order valence-electron chi connectivity index (χ3n) is 1.50. The lowest BCUT2D eigenvalue weighted by atomic mass is 10.2. The maximum atomic E-state index is 11.2. The molecule has 0 aromatic rings. The molecule has 0 saturated heterocycles. The number of carbonyl (C=O) groups excluding carboxylic acids is 3. The number of unbranched alkanes of at least 4 members (excludes halogenated alkanes) is 1. The third kappa shape index (κ3) is 6.16. The molecule has 0 aliphatic heterocycles. The molecule has 0 N–H and O–H groups in total. The molecule has 0 radical (unpaired) electrons. The SMILES string of the molecule is CCCCOC(=O)C(=O)C(=O)OC(C)(C)C. The Morgan fingerprint density at radius 1 is 1.06 bits per heavy atom. The first-order valence-electron chi connectivity index (χ1n) is 5.22. The second-order valence-corrected chi connectivity index (χ2v) is 4.32. The lowest BCUT2D eigenvalue weighted by molar-refractivity contribution is -0.169. The zero-order valence-electron chi connectivity index (χ0n) is 10.2. The molecule has 5 nitrogen and oxygen atoms in total. The van der Waals surface area contributed by atoms with Gasteiger partial charge in [0, 0.05) is 0 Å². The van der Waals surface area contributed by atoms with Crippen molar-refractivity contribution in [2.75, 3.05) is 6.61 Å². The van der Waals surface area contributed by atoms with E-state index in [9.17, 15) is 14.4 Å². The van der Waals surface area contributed by atoms with Crippen LogP contribution in [0.1, 0.15) is 40.5 Å². The highest BCUT2D eigenvalue weighted by Gasteiger charge is 2.29. The Kier molecular flexibility index (Phi) is 5.71. The molecule has 0 heterocycles. The van der Waals surface area contributed by atoms with Gasteiger partial charge in [-0.25, -0.2) is 9.59 Å². The standard InChI is InChI=1S/C11H18O5/c1-5-6-7-15-9(13)8(12)10(14)16-11(2,3)4/h5-7H2,1-4H3.